The molecule has 1 amide bonds. The highest BCUT2D eigenvalue weighted by atomic mass is 32.1. The largest absolute Gasteiger partial charge is 0.298 e. The van der Waals surface area contributed by atoms with Gasteiger partial charge in [-0.15, -0.1) is 11.3 Å². The van der Waals surface area contributed by atoms with Gasteiger partial charge in [0.15, 0.2) is 5.13 Å². The van der Waals surface area contributed by atoms with Gasteiger partial charge in [0.05, 0.1) is 28.2 Å². The molecule has 4 heterocycles. The summed E-state index contributed by atoms with van der Waals surface area (Å²) in [5.41, 5.74) is 3.75. The van der Waals surface area contributed by atoms with Crippen LogP contribution in [0, 0.1) is 5.92 Å². The van der Waals surface area contributed by atoms with Gasteiger partial charge >= 0.3 is 0 Å². The van der Waals surface area contributed by atoms with Crippen LogP contribution in [-0.2, 0) is 6.54 Å². The van der Waals surface area contributed by atoms with Crippen LogP contribution in [-0.4, -0.2) is 38.8 Å². The lowest BCUT2D eigenvalue weighted by Crippen LogP contribution is -2.33. The summed E-state index contributed by atoms with van der Waals surface area (Å²) in [6.07, 6.45) is 4.27. The minimum Gasteiger partial charge on any atom is -0.298 e. The Hall–Kier alpha value is -3.16. The standard InChI is InChI=1S/C25H25N5OS/c1-17-7-6-12-30(14-17)15-18-16-32-25(27-18)29-24(31)20-13-23(22-10-4-5-11-26-22)28-21-9-3-2-8-19(20)21/h2-5,8-11,13,16-17H,6-7,12,14-15H2,1H3,(H,27,29,31). The zero-order valence-electron chi connectivity index (χ0n) is 18.0. The molecule has 32 heavy (non-hydrogen) atoms. The molecule has 4 aromatic rings. The third kappa shape index (κ3) is 4.54. The van der Waals surface area contributed by atoms with Gasteiger partial charge in [0.1, 0.15) is 0 Å². The number of hydrogen-bond acceptors (Lipinski definition) is 6. The Balaban J connectivity index is 1.39. The van der Waals surface area contributed by atoms with E-state index in [1.807, 2.05) is 53.9 Å². The van der Waals surface area contributed by atoms with Crippen molar-refractivity contribution in [1.29, 1.82) is 0 Å². The Kier molecular flexibility index (Phi) is 5.92. The first-order chi connectivity index (χ1) is 15.7. The number of nitrogens with zero attached hydrogens (tertiary/aromatic N) is 4. The number of amides is 1. The van der Waals surface area contributed by atoms with Crippen LogP contribution in [0.1, 0.15) is 35.8 Å². The van der Waals surface area contributed by atoms with Crippen molar-refractivity contribution in [3.05, 3.63) is 71.4 Å². The zero-order chi connectivity index (χ0) is 21.9. The fraction of sp³-hybridized carbons (Fsp3) is 0.280. The average Bonchev–Trinajstić information content (AvgIpc) is 3.25. The molecule has 1 fully saturated rings. The molecule has 0 radical (unpaired) electrons. The summed E-state index contributed by atoms with van der Waals surface area (Å²) < 4.78 is 0. The highest BCUT2D eigenvalue weighted by Gasteiger charge is 2.19. The molecule has 5 rings (SSSR count). The fourth-order valence-corrected chi connectivity index (χ4v) is 4.97. The summed E-state index contributed by atoms with van der Waals surface area (Å²) in [7, 11) is 0. The summed E-state index contributed by atoms with van der Waals surface area (Å²) in [5, 5.41) is 6.47. The van der Waals surface area contributed by atoms with Crippen molar-refractivity contribution in [3.8, 4) is 11.4 Å². The van der Waals surface area contributed by atoms with Crippen molar-refractivity contribution in [1.82, 2.24) is 19.9 Å². The van der Waals surface area contributed by atoms with E-state index in [1.165, 1.54) is 24.2 Å². The van der Waals surface area contributed by atoms with E-state index in [0.29, 0.717) is 16.4 Å². The monoisotopic (exact) mass is 443 g/mol. The number of pyridine rings is 2. The lowest BCUT2D eigenvalue weighted by atomic mass is 10.0. The molecular formula is C25H25N5OS. The molecule has 0 saturated carbocycles. The molecule has 3 aromatic heterocycles. The van der Waals surface area contributed by atoms with Gasteiger partial charge in [0.25, 0.3) is 5.91 Å². The molecule has 1 N–H and O–H groups in total. The maximum atomic E-state index is 13.3. The third-order valence-corrected chi connectivity index (χ3v) is 6.59. The minimum atomic E-state index is -0.187. The quantitative estimate of drug-likeness (QED) is 0.457. The number of rotatable bonds is 5. The van der Waals surface area contributed by atoms with Crippen molar-refractivity contribution in [3.63, 3.8) is 0 Å². The molecular weight excluding hydrogens is 418 g/mol. The first-order valence-electron chi connectivity index (χ1n) is 10.9. The molecule has 7 heteroatoms. The van der Waals surface area contributed by atoms with Crippen molar-refractivity contribution in [2.45, 2.75) is 26.3 Å². The van der Waals surface area contributed by atoms with E-state index in [4.69, 9.17) is 4.98 Å². The maximum absolute atomic E-state index is 13.3. The molecule has 6 nitrogen and oxygen atoms in total. The Morgan fingerprint density at radius 1 is 1.16 bits per heavy atom. The lowest BCUT2D eigenvalue weighted by molar-refractivity contribution is 0.102. The number of likely N-dealkylation sites (tertiary alicyclic amines) is 1. The second-order valence-electron chi connectivity index (χ2n) is 8.37. The second kappa shape index (κ2) is 9.14. The smallest absolute Gasteiger partial charge is 0.258 e. The first-order valence-corrected chi connectivity index (χ1v) is 11.8. The molecule has 1 aromatic carbocycles. The Bertz CT molecular complexity index is 1240. The third-order valence-electron chi connectivity index (χ3n) is 5.79. The Morgan fingerprint density at radius 3 is 2.88 bits per heavy atom. The number of carbonyl (C=O) groups excluding carboxylic acids is 1. The number of aromatic nitrogens is 3. The number of para-hydroxylation sites is 1. The highest BCUT2D eigenvalue weighted by Crippen LogP contribution is 2.26. The molecule has 0 spiro atoms. The van der Waals surface area contributed by atoms with Crippen LogP contribution in [0.5, 0.6) is 0 Å². The molecule has 1 atom stereocenters. The van der Waals surface area contributed by atoms with E-state index >= 15 is 0 Å². The van der Waals surface area contributed by atoms with Crippen LogP contribution in [0.25, 0.3) is 22.3 Å². The van der Waals surface area contributed by atoms with E-state index in [2.05, 4.69) is 27.1 Å². The first kappa shape index (κ1) is 20.7. The van der Waals surface area contributed by atoms with Crippen LogP contribution < -0.4 is 5.32 Å². The molecule has 1 unspecified atom stereocenters. The Labute approximate surface area is 191 Å². The molecule has 1 aliphatic heterocycles. The number of carbonyl (C=O) groups is 1. The minimum absolute atomic E-state index is 0.187. The van der Waals surface area contributed by atoms with E-state index in [1.54, 1.807) is 6.20 Å². The molecule has 1 saturated heterocycles. The number of hydrogen-bond donors (Lipinski definition) is 1. The predicted molar refractivity (Wildman–Crippen MR) is 129 cm³/mol. The van der Waals surface area contributed by atoms with Gasteiger partial charge in [-0.2, -0.15) is 0 Å². The van der Waals surface area contributed by atoms with Crippen LogP contribution in [0.15, 0.2) is 60.1 Å². The number of piperidine rings is 1. The summed E-state index contributed by atoms with van der Waals surface area (Å²) in [5.74, 6) is 0.545. The van der Waals surface area contributed by atoms with Crippen molar-refractivity contribution in [2.75, 3.05) is 18.4 Å². The summed E-state index contributed by atoms with van der Waals surface area (Å²) in [6.45, 7) is 5.36. The van der Waals surface area contributed by atoms with Gasteiger partial charge in [-0.1, -0.05) is 31.2 Å². The van der Waals surface area contributed by atoms with Gasteiger partial charge < -0.3 is 0 Å². The van der Waals surface area contributed by atoms with Crippen LogP contribution >= 0.6 is 11.3 Å². The van der Waals surface area contributed by atoms with Crippen LogP contribution in [0.3, 0.4) is 0 Å². The average molecular weight is 444 g/mol. The highest BCUT2D eigenvalue weighted by molar-refractivity contribution is 7.14. The lowest BCUT2D eigenvalue weighted by Gasteiger charge is -2.30. The number of anilines is 1. The number of thiazole rings is 1. The normalized spacial score (nSPS) is 16.8. The Morgan fingerprint density at radius 2 is 2.03 bits per heavy atom. The SMILES string of the molecule is CC1CCCN(Cc2csc(NC(=O)c3cc(-c4ccccn4)nc4ccccc34)n2)C1. The van der Waals surface area contributed by atoms with E-state index < -0.39 is 0 Å². The second-order valence-corrected chi connectivity index (χ2v) is 9.23. The summed E-state index contributed by atoms with van der Waals surface area (Å²) in [6, 6.07) is 15.2. The van der Waals surface area contributed by atoms with Gasteiger partial charge in [0.2, 0.25) is 0 Å². The topological polar surface area (TPSA) is 71.0 Å². The number of benzene rings is 1. The van der Waals surface area contributed by atoms with Gasteiger partial charge in [-0.25, -0.2) is 9.97 Å². The fourth-order valence-electron chi connectivity index (χ4n) is 4.27. The van der Waals surface area contributed by atoms with E-state index in [9.17, 15) is 4.79 Å². The number of nitrogens with one attached hydrogen (secondary N) is 1. The molecule has 0 aliphatic carbocycles. The van der Waals surface area contributed by atoms with E-state index in [-0.39, 0.29) is 5.91 Å². The van der Waals surface area contributed by atoms with Crippen molar-refractivity contribution < 1.29 is 4.79 Å². The van der Waals surface area contributed by atoms with Crippen molar-refractivity contribution >= 4 is 33.3 Å². The van der Waals surface area contributed by atoms with Gasteiger partial charge in [-0.05, 0) is 49.6 Å². The van der Waals surface area contributed by atoms with Gasteiger partial charge in [0, 0.05) is 30.1 Å². The zero-order valence-corrected chi connectivity index (χ0v) is 18.8. The predicted octanol–water partition coefficient (Wildman–Crippen LogP) is 5.24. The maximum Gasteiger partial charge on any atom is 0.258 e. The van der Waals surface area contributed by atoms with Crippen molar-refractivity contribution in [2.24, 2.45) is 5.92 Å². The van der Waals surface area contributed by atoms with Crippen LogP contribution in [0.2, 0.25) is 0 Å². The summed E-state index contributed by atoms with van der Waals surface area (Å²) in [4.78, 5) is 29.5. The van der Waals surface area contributed by atoms with E-state index in [0.717, 1.165) is 47.8 Å². The van der Waals surface area contributed by atoms with Gasteiger partial charge in [-0.3, -0.25) is 20.0 Å². The van der Waals surface area contributed by atoms with Crippen LogP contribution in [0.4, 0.5) is 5.13 Å². The molecule has 0 bridgehead atoms. The molecule has 162 valence electrons. The summed E-state index contributed by atoms with van der Waals surface area (Å²) >= 11 is 1.47. The number of fused-ring (bicyclic) bond motifs is 1. The molecule has 1 aliphatic rings.